The van der Waals surface area contributed by atoms with Crippen LogP contribution in [0.4, 0.5) is 103 Å². The molecule has 0 amide bonds. The molecule has 5 nitrogen and oxygen atoms in total. The second-order valence-corrected chi connectivity index (χ2v) is 27.4. The fourth-order valence-electron chi connectivity index (χ4n) is 16.2. The lowest BCUT2D eigenvalue weighted by Crippen LogP contribution is -2.65. The summed E-state index contributed by atoms with van der Waals surface area (Å²) < 4.78 is 72.0. The molecular weight excluding hydrogens is 1290 g/mol. The summed E-state index contributed by atoms with van der Waals surface area (Å²) in [7, 11) is 0. The van der Waals surface area contributed by atoms with Gasteiger partial charge < -0.3 is 24.5 Å². The van der Waals surface area contributed by atoms with Gasteiger partial charge in [-0.1, -0.05) is 260 Å². The fraction of sp³-hybridized carbons (Fsp3) is 0.0110. The number of para-hydroxylation sites is 7. The molecule has 12 heteroatoms. The van der Waals surface area contributed by atoms with E-state index in [1.807, 2.05) is 158 Å². The van der Waals surface area contributed by atoms with E-state index in [0.29, 0.717) is 27.3 Å². The van der Waals surface area contributed by atoms with E-state index in [4.69, 9.17) is 0 Å². The summed E-state index contributed by atoms with van der Waals surface area (Å²) in [5.74, 6) is -0.624. The molecule has 0 aliphatic carbocycles. The minimum atomic E-state index is -4.92. The first-order valence-corrected chi connectivity index (χ1v) is 35.4. The van der Waals surface area contributed by atoms with E-state index in [-0.39, 0.29) is 16.9 Å². The van der Waals surface area contributed by atoms with Crippen LogP contribution < -0.4 is 57.3 Å². The summed E-state index contributed by atoms with van der Waals surface area (Å²) in [6, 6.07) is 120. The molecule has 0 atom stereocenters. The number of fused-ring (bicyclic) bond motifs is 8. The normalized spacial score (nSPS) is 12.9. The highest BCUT2D eigenvalue weighted by Gasteiger charge is 2.51. The van der Waals surface area contributed by atoms with Crippen molar-refractivity contribution in [3.05, 3.63) is 369 Å². The van der Waals surface area contributed by atoms with Crippen LogP contribution in [0.2, 0.25) is 0 Å². The van der Waals surface area contributed by atoms with Crippen LogP contribution in [0.3, 0.4) is 0 Å². The van der Waals surface area contributed by atoms with Crippen molar-refractivity contribution in [1.82, 2.24) is 0 Å². The maximum atomic E-state index is 21.0. The van der Waals surface area contributed by atoms with Crippen molar-refractivity contribution < 1.29 is 17.6 Å². The van der Waals surface area contributed by atoms with Crippen LogP contribution >= 0.6 is 11.8 Å². The number of rotatable bonds is 12. The first-order chi connectivity index (χ1) is 50.7. The Bertz CT molecular complexity index is 5720. The highest BCUT2D eigenvalue weighted by molar-refractivity contribution is 8.00. The number of hydrogen-bond donors (Lipinski definition) is 0. The van der Waals surface area contributed by atoms with E-state index in [2.05, 4.69) is 202 Å². The van der Waals surface area contributed by atoms with Gasteiger partial charge in [-0.25, -0.2) is 4.39 Å². The molecule has 0 saturated heterocycles. The molecule has 0 unspecified atom stereocenters. The predicted molar refractivity (Wildman–Crippen MR) is 421 cm³/mol. The van der Waals surface area contributed by atoms with Gasteiger partial charge >= 0.3 is 6.18 Å². The Morgan fingerprint density at radius 2 is 0.709 bits per heavy atom. The van der Waals surface area contributed by atoms with Gasteiger partial charge in [0.1, 0.15) is 0 Å². The van der Waals surface area contributed by atoms with E-state index >= 15 is 17.6 Å². The van der Waals surface area contributed by atoms with Crippen LogP contribution in [0.5, 0.6) is 0 Å². The second kappa shape index (κ2) is 25.0. The third-order valence-electron chi connectivity index (χ3n) is 20.5. The second-order valence-electron chi connectivity index (χ2n) is 26.3. The molecular formula is C91H59B2F4N5S. The maximum absolute atomic E-state index is 21.0. The highest BCUT2D eigenvalue weighted by Crippen LogP contribution is 2.55. The molecule has 4 heterocycles. The number of nitrogens with zero attached hydrogens (tertiary/aromatic N) is 5. The zero-order valence-electron chi connectivity index (χ0n) is 55.4. The van der Waals surface area contributed by atoms with Crippen molar-refractivity contribution in [3.8, 4) is 33.4 Å². The Kier molecular flexibility index (Phi) is 14.9. The van der Waals surface area contributed by atoms with Gasteiger partial charge in [-0.05, 0) is 170 Å². The first kappa shape index (κ1) is 61.6. The van der Waals surface area contributed by atoms with Crippen molar-refractivity contribution in [2.24, 2.45) is 0 Å². The molecule has 103 heavy (non-hydrogen) atoms. The van der Waals surface area contributed by atoms with Gasteiger partial charge in [0.2, 0.25) is 6.71 Å². The zero-order valence-corrected chi connectivity index (χ0v) is 56.2. The molecule has 15 aromatic rings. The number of alkyl halides is 3. The van der Waals surface area contributed by atoms with Crippen molar-refractivity contribution in [2.75, 3.05) is 24.5 Å². The predicted octanol–water partition coefficient (Wildman–Crippen LogP) is 21.6. The molecule has 0 fully saturated rings. The lowest BCUT2D eigenvalue weighted by atomic mass is 9.31. The molecule has 488 valence electrons. The number of benzene rings is 15. The van der Waals surface area contributed by atoms with Crippen LogP contribution in [-0.4, -0.2) is 13.4 Å². The quantitative estimate of drug-likeness (QED) is 0.0889. The monoisotopic (exact) mass is 1350 g/mol. The molecule has 0 saturated carbocycles. The van der Waals surface area contributed by atoms with Crippen LogP contribution in [0, 0.1) is 5.82 Å². The average molecular weight is 1350 g/mol. The highest BCUT2D eigenvalue weighted by atomic mass is 32.2. The molecule has 0 bridgehead atoms. The molecule has 0 spiro atoms. The topological polar surface area (TPSA) is 16.2 Å². The van der Waals surface area contributed by atoms with Crippen LogP contribution in [0.15, 0.2) is 368 Å². The first-order valence-electron chi connectivity index (χ1n) is 34.6. The average Bonchev–Trinajstić information content (AvgIpc) is 0.681. The van der Waals surface area contributed by atoms with E-state index < -0.39 is 31.0 Å². The van der Waals surface area contributed by atoms with Gasteiger partial charge in [0.05, 0.1) is 22.6 Å². The Morgan fingerprint density at radius 3 is 1.27 bits per heavy atom. The molecule has 4 aliphatic heterocycles. The summed E-state index contributed by atoms with van der Waals surface area (Å²) in [5, 5.41) is 0. The van der Waals surface area contributed by atoms with Gasteiger partial charge in [-0.15, -0.1) is 0 Å². The Labute approximate surface area is 600 Å². The van der Waals surface area contributed by atoms with Crippen molar-refractivity contribution in [3.63, 3.8) is 0 Å². The van der Waals surface area contributed by atoms with Crippen LogP contribution in [0.1, 0.15) is 5.56 Å². The minimum absolute atomic E-state index is 0.0439. The Hall–Kier alpha value is -12.5. The summed E-state index contributed by atoms with van der Waals surface area (Å²) in [6.45, 7) is -1.27. The van der Waals surface area contributed by atoms with Crippen molar-refractivity contribution in [1.29, 1.82) is 0 Å². The van der Waals surface area contributed by atoms with Gasteiger partial charge in [0, 0.05) is 83.6 Å². The molecule has 0 N–H and O–H groups in total. The third kappa shape index (κ3) is 10.3. The van der Waals surface area contributed by atoms with E-state index in [1.54, 1.807) is 11.0 Å². The standard InChI is InChI=1S/C91H59B2F4N5S/c94-87-89-77(59-78-90(87)103-84-58-72(57-83-86(84)93(78)76-47-23-25-49-80(76)101(83)68-41-20-7-21-42-68)99(69-52-50-62(51-53-69)60-28-8-1-9-29-60)70-43-26-34-64(54-70)61-30-10-2-11-31-61)92-75-46-22-24-48-79(75)100(67-39-18-6-19-40-67)81-55-71(98(65-35-14-4-15-36-65)66-37-16-5-17-38-66)56-82(85(81)92)102(89)88-73(63-32-12-3-13-33-63)44-27-45-74(88)91(95,96)97/h1-59H. The van der Waals surface area contributed by atoms with E-state index in [1.165, 1.54) is 17.8 Å². The lowest BCUT2D eigenvalue weighted by molar-refractivity contribution is -0.137. The zero-order chi connectivity index (χ0) is 68.9. The van der Waals surface area contributed by atoms with Gasteiger partial charge in [-0.3, -0.25) is 0 Å². The SMILES string of the molecule is Fc1c2c(cc3c1N(c1c(-c4ccccc4)cccc1C(F)(F)F)c1cc(N(c4ccccc4)c4ccccc4)cc4c1B3c1ccccc1N4c1ccccc1)B1c3ccccc3N(c3ccccc3)c3cc(N(c4ccc(-c5ccccc5)cc4)c4cccc(-c5ccccc5)c4)cc(c31)S2. The van der Waals surface area contributed by atoms with Crippen molar-refractivity contribution >= 4 is 143 Å². The summed E-state index contributed by atoms with van der Waals surface area (Å²) in [4.78, 5) is 11.8. The fourth-order valence-corrected chi connectivity index (χ4v) is 17.4. The smallest absolute Gasteiger partial charge is 0.311 e. The van der Waals surface area contributed by atoms with Crippen LogP contribution in [0.25, 0.3) is 33.4 Å². The number of halogens is 4. The van der Waals surface area contributed by atoms with Crippen molar-refractivity contribution in [2.45, 2.75) is 16.0 Å². The van der Waals surface area contributed by atoms with Gasteiger partial charge in [0.25, 0.3) is 6.71 Å². The third-order valence-corrected chi connectivity index (χ3v) is 21.7. The lowest BCUT2D eigenvalue weighted by Gasteiger charge is -2.47. The molecule has 19 rings (SSSR count). The van der Waals surface area contributed by atoms with E-state index in [0.717, 1.165) is 123 Å². The summed E-state index contributed by atoms with van der Waals surface area (Å²) in [5.41, 5.74) is 19.5. The van der Waals surface area contributed by atoms with Gasteiger partial charge in [-0.2, -0.15) is 13.2 Å². The summed E-state index contributed by atoms with van der Waals surface area (Å²) in [6.07, 6.45) is -4.92. The molecule has 0 radical (unpaired) electrons. The molecule has 15 aromatic carbocycles. The molecule has 0 aromatic heterocycles. The van der Waals surface area contributed by atoms with Crippen LogP contribution in [-0.2, 0) is 6.18 Å². The van der Waals surface area contributed by atoms with Gasteiger partial charge in [0.15, 0.2) is 5.82 Å². The number of hydrogen-bond acceptors (Lipinski definition) is 6. The Morgan fingerprint density at radius 1 is 0.291 bits per heavy atom. The minimum Gasteiger partial charge on any atom is -0.311 e. The van der Waals surface area contributed by atoms with E-state index in [9.17, 15) is 0 Å². The maximum Gasteiger partial charge on any atom is 0.418 e. The largest absolute Gasteiger partial charge is 0.418 e. The summed E-state index contributed by atoms with van der Waals surface area (Å²) >= 11 is 1.35. The molecule has 4 aliphatic rings. The number of anilines is 15. The Balaban J connectivity index is 0.920.